The molecule has 0 atom stereocenters. The van der Waals surface area contributed by atoms with Crippen LogP contribution in [-0.4, -0.2) is 14.4 Å². The lowest BCUT2D eigenvalue weighted by Gasteiger charge is -2.01. The fourth-order valence-electron chi connectivity index (χ4n) is 1.69. The lowest BCUT2D eigenvalue weighted by atomic mass is 10.4. The van der Waals surface area contributed by atoms with E-state index < -0.39 is 0 Å². The number of halogens is 1. The zero-order chi connectivity index (χ0) is 12.4. The number of hydrogen-bond donors (Lipinski definition) is 0. The first kappa shape index (κ1) is 11.0. The van der Waals surface area contributed by atoms with E-state index in [1.165, 1.54) is 0 Å². The van der Waals surface area contributed by atoms with Crippen LogP contribution < -0.4 is 4.74 Å². The number of aromatic nitrogens is 3. The zero-order valence-corrected chi connectivity index (χ0v) is 10.2. The van der Waals surface area contributed by atoms with Gasteiger partial charge in [-0.25, -0.2) is 4.98 Å². The summed E-state index contributed by atoms with van der Waals surface area (Å²) in [6.07, 6.45) is 5.24. The minimum absolute atomic E-state index is 0.393. The molecule has 0 saturated carbocycles. The van der Waals surface area contributed by atoms with E-state index >= 15 is 0 Å². The molecule has 0 aliphatic carbocycles. The van der Waals surface area contributed by atoms with Gasteiger partial charge < -0.3 is 4.74 Å². The number of fused-ring (bicyclic) bond motifs is 1. The van der Waals surface area contributed by atoms with Gasteiger partial charge >= 0.3 is 0 Å². The summed E-state index contributed by atoms with van der Waals surface area (Å²) in [6.45, 7) is 0.393. The summed E-state index contributed by atoms with van der Waals surface area (Å²) in [7, 11) is 0. The first-order valence-corrected chi connectivity index (χ1v) is 5.86. The van der Waals surface area contributed by atoms with Gasteiger partial charge in [-0.3, -0.25) is 9.38 Å². The second-order valence-electron chi connectivity index (χ2n) is 3.79. The first-order chi connectivity index (χ1) is 8.83. The molecule has 3 heterocycles. The van der Waals surface area contributed by atoms with Crippen LogP contribution in [0.25, 0.3) is 5.65 Å². The molecule has 3 rings (SSSR count). The average molecular weight is 260 g/mol. The SMILES string of the molecule is Clc1cccc2nc(COc3cccnc3)cn12. The summed E-state index contributed by atoms with van der Waals surface area (Å²) < 4.78 is 7.40. The van der Waals surface area contributed by atoms with E-state index in [1.807, 2.05) is 40.9 Å². The molecule has 0 spiro atoms. The molecule has 0 aliphatic rings. The standard InChI is InChI=1S/C13H10ClN3O/c14-12-4-1-5-13-16-10(8-17(12)13)9-18-11-3-2-6-15-7-11/h1-8H,9H2. The molecule has 0 radical (unpaired) electrons. The van der Waals surface area contributed by atoms with E-state index in [9.17, 15) is 0 Å². The normalized spacial score (nSPS) is 10.7. The van der Waals surface area contributed by atoms with Crippen molar-refractivity contribution in [2.24, 2.45) is 0 Å². The summed E-state index contributed by atoms with van der Waals surface area (Å²) in [5, 5.41) is 0.632. The molecule has 3 aromatic heterocycles. The third-order valence-electron chi connectivity index (χ3n) is 2.51. The van der Waals surface area contributed by atoms with Crippen LogP contribution in [0.15, 0.2) is 48.9 Å². The van der Waals surface area contributed by atoms with Crippen LogP contribution in [0, 0.1) is 0 Å². The Hall–Kier alpha value is -2.07. The van der Waals surface area contributed by atoms with Gasteiger partial charge in [0.25, 0.3) is 0 Å². The van der Waals surface area contributed by atoms with Crippen molar-refractivity contribution in [3.63, 3.8) is 0 Å². The highest BCUT2D eigenvalue weighted by Crippen LogP contribution is 2.15. The maximum absolute atomic E-state index is 6.06. The van der Waals surface area contributed by atoms with E-state index in [4.69, 9.17) is 16.3 Å². The van der Waals surface area contributed by atoms with Crippen molar-refractivity contribution in [1.82, 2.24) is 14.4 Å². The molecule has 3 aromatic rings. The molecule has 0 aliphatic heterocycles. The predicted molar refractivity (Wildman–Crippen MR) is 68.8 cm³/mol. The Morgan fingerprint density at radius 1 is 1.22 bits per heavy atom. The quantitative estimate of drug-likeness (QED) is 0.679. The van der Waals surface area contributed by atoms with Crippen LogP contribution in [0.4, 0.5) is 0 Å². The Morgan fingerprint density at radius 3 is 2.94 bits per heavy atom. The second kappa shape index (κ2) is 4.66. The van der Waals surface area contributed by atoms with Gasteiger partial charge in [0.15, 0.2) is 0 Å². The van der Waals surface area contributed by atoms with Gasteiger partial charge in [-0.05, 0) is 24.3 Å². The summed E-state index contributed by atoms with van der Waals surface area (Å²) in [5.41, 5.74) is 1.64. The third-order valence-corrected chi connectivity index (χ3v) is 2.82. The highest BCUT2D eigenvalue weighted by Gasteiger charge is 2.04. The summed E-state index contributed by atoms with van der Waals surface area (Å²) in [4.78, 5) is 8.40. The molecule has 0 saturated heterocycles. The van der Waals surface area contributed by atoms with Crippen molar-refractivity contribution in [2.45, 2.75) is 6.61 Å². The topological polar surface area (TPSA) is 39.4 Å². The first-order valence-electron chi connectivity index (χ1n) is 5.48. The van der Waals surface area contributed by atoms with Crippen molar-refractivity contribution < 1.29 is 4.74 Å². The van der Waals surface area contributed by atoms with Gasteiger partial charge in [0, 0.05) is 12.4 Å². The maximum atomic E-state index is 6.06. The molecule has 0 aromatic carbocycles. The van der Waals surface area contributed by atoms with Gasteiger partial charge in [0.2, 0.25) is 0 Å². The van der Waals surface area contributed by atoms with Crippen LogP contribution in [0.5, 0.6) is 5.75 Å². The molecular weight excluding hydrogens is 250 g/mol. The largest absolute Gasteiger partial charge is 0.486 e. The number of nitrogens with zero attached hydrogens (tertiary/aromatic N) is 3. The Balaban J connectivity index is 1.81. The zero-order valence-electron chi connectivity index (χ0n) is 9.45. The van der Waals surface area contributed by atoms with Crippen molar-refractivity contribution in [3.05, 3.63) is 59.8 Å². The number of hydrogen-bond acceptors (Lipinski definition) is 3. The summed E-state index contributed by atoms with van der Waals surface area (Å²) in [6, 6.07) is 9.28. The molecule has 4 nitrogen and oxygen atoms in total. The van der Waals surface area contributed by atoms with Crippen LogP contribution >= 0.6 is 11.6 Å². The van der Waals surface area contributed by atoms with Crippen molar-refractivity contribution in [2.75, 3.05) is 0 Å². The molecule has 0 N–H and O–H groups in total. The minimum atomic E-state index is 0.393. The van der Waals surface area contributed by atoms with Crippen LogP contribution in [0.1, 0.15) is 5.69 Å². The molecule has 0 bridgehead atoms. The summed E-state index contributed by atoms with van der Waals surface area (Å²) in [5.74, 6) is 0.723. The maximum Gasteiger partial charge on any atom is 0.138 e. The molecule has 18 heavy (non-hydrogen) atoms. The fraction of sp³-hybridized carbons (Fsp3) is 0.0769. The van der Waals surface area contributed by atoms with E-state index in [2.05, 4.69) is 9.97 Å². The molecule has 0 amide bonds. The molecule has 90 valence electrons. The van der Waals surface area contributed by atoms with Crippen molar-refractivity contribution >= 4 is 17.2 Å². The lowest BCUT2D eigenvalue weighted by molar-refractivity contribution is 0.301. The van der Waals surface area contributed by atoms with Gasteiger partial charge in [-0.1, -0.05) is 17.7 Å². The lowest BCUT2D eigenvalue weighted by Crippen LogP contribution is -1.95. The summed E-state index contributed by atoms with van der Waals surface area (Å²) >= 11 is 6.06. The molecule has 5 heteroatoms. The van der Waals surface area contributed by atoms with Crippen LogP contribution in [-0.2, 0) is 6.61 Å². The van der Waals surface area contributed by atoms with Crippen LogP contribution in [0.3, 0.4) is 0 Å². The highest BCUT2D eigenvalue weighted by molar-refractivity contribution is 6.29. The van der Waals surface area contributed by atoms with Gasteiger partial charge in [0.1, 0.15) is 23.2 Å². The molecule has 0 fully saturated rings. The number of imidazole rings is 1. The fourth-order valence-corrected chi connectivity index (χ4v) is 1.89. The predicted octanol–water partition coefficient (Wildman–Crippen LogP) is 2.96. The van der Waals surface area contributed by atoms with Gasteiger partial charge in [-0.2, -0.15) is 0 Å². The Bertz CT molecular complexity index is 666. The van der Waals surface area contributed by atoms with E-state index in [0.717, 1.165) is 17.1 Å². The van der Waals surface area contributed by atoms with E-state index in [-0.39, 0.29) is 0 Å². The Labute approximate surface area is 109 Å². The smallest absolute Gasteiger partial charge is 0.138 e. The van der Waals surface area contributed by atoms with Crippen molar-refractivity contribution in [3.8, 4) is 5.75 Å². The molecular formula is C13H10ClN3O. The van der Waals surface area contributed by atoms with Gasteiger partial charge in [-0.15, -0.1) is 0 Å². The monoisotopic (exact) mass is 259 g/mol. The van der Waals surface area contributed by atoms with Crippen molar-refractivity contribution in [1.29, 1.82) is 0 Å². The highest BCUT2D eigenvalue weighted by atomic mass is 35.5. The Morgan fingerprint density at radius 2 is 2.17 bits per heavy atom. The Kier molecular flexibility index (Phi) is 2.86. The number of rotatable bonds is 3. The average Bonchev–Trinajstić information content (AvgIpc) is 2.82. The molecule has 0 unspecified atom stereocenters. The van der Waals surface area contributed by atoms with Gasteiger partial charge in [0.05, 0.1) is 11.9 Å². The second-order valence-corrected chi connectivity index (χ2v) is 4.17. The number of pyridine rings is 2. The number of ether oxygens (including phenoxy) is 1. The van der Waals surface area contributed by atoms with Crippen LogP contribution in [0.2, 0.25) is 5.15 Å². The van der Waals surface area contributed by atoms with E-state index in [0.29, 0.717) is 11.8 Å². The van der Waals surface area contributed by atoms with E-state index in [1.54, 1.807) is 12.4 Å². The minimum Gasteiger partial charge on any atom is -0.486 e. The third kappa shape index (κ3) is 2.15.